The summed E-state index contributed by atoms with van der Waals surface area (Å²) < 4.78 is 2.78. The van der Waals surface area contributed by atoms with Crippen LogP contribution in [0.15, 0.2) is 54.6 Å². The summed E-state index contributed by atoms with van der Waals surface area (Å²) in [4.78, 5) is 17.3. The number of anilines is 1. The molecule has 0 radical (unpaired) electrons. The molecule has 0 saturated heterocycles. The van der Waals surface area contributed by atoms with Gasteiger partial charge in [0, 0.05) is 11.6 Å². The summed E-state index contributed by atoms with van der Waals surface area (Å²) in [6.07, 6.45) is 0. The number of hydrogen-bond acceptors (Lipinski definition) is 4. The molecule has 2 heterocycles. The molecule has 4 rings (SSSR count). The zero-order valence-corrected chi connectivity index (χ0v) is 14.7. The van der Waals surface area contributed by atoms with Gasteiger partial charge in [0.25, 0.3) is 5.91 Å². The Balaban J connectivity index is 1.72. The fraction of sp³-hybridized carbons (Fsp3) is 0.105. The van der Waals surface area contributed by atoms with Crippen molar-refractivity contribution >= 4 is 33.3 Å². The second-order valence-electron chi connectivity index (χ2n) is 5.82. The Morgan fingerprint density at radius 1 is 1.08 bits per heavy atom. The summed E-state index contributed by atoms with van der Waals surface area (Å²) in [5.74, 6) is 0.463. The lowest BCUT2D eigenvalue weighted by atomic mass is 10.1. The molecule has 4 aromatic rings. The molecule has 0 saturated carbocycles. The van der Waals surface area contributed by atoms with Crippen molar-refractivity contribution in [1.82, 2.24) is 14.8 Å². The van der Waals surface area contributed by atoms with E-state index in [4.69, 9.17) is 0 Å². The molecule has 2 aromatic heterocycles. The van der Waals surface area contributed by atoms with Crippen LogP contribution in [0.4, 0.5) is 5.82 Å². The van der Waals surface area contributed by atoms with Crippen LogP contribution in [0, 0.1) is 13.8 Å². The lowest BCUT2D eigenvalue weighted by Gasteiger charge is -2.08. The van der Waals surface area contributed by atoms with Gasteiger partial charge < -0.3 is 5.32 Å². The van der Waals surface area contributed by atoms with Gasteiger partial charge in [-0.25, -0.2) is 4.98 Å². The van der Waals surface area contributed by atoms with E-state index >= 15 is 0 Å². The first-order valence-electron chi connectivity index (χ1n) is 7.91. The van der Waals surface area contributed by atoms with Crippen molar-refractivity contribution in [2.75, 3.05) is 5.32 Å². The third-order valence-electron chi connectivity index (χ3n) is 3.93. The fourth-order valence-corrected chi connectivity index (χ4v) is 3.63. The van der Waals surface area contributed by atoms with Crippen LogP contribution in [0.25, 0.3) is 15.3 Å². The van der Waals surface area contributed by atoms with Crippen LogP contribution in [0.5, 0.6) is 0 Å². The minimum atomic E-state index is -0.152. The normalized spacial score (nSPS) is 11.0. The van der Waals surface area contributed by atoms with E-state index in [9.17, 15) is 4.79 Å². The highest BCUT2D eigenvalue weighted by Crippen LogP contribution is 2.27. The van der Waals surface area contributed by atoms with E-state index in [0.717, 1.165) is 26.6 Å². The van der Waals surface area contributed by atoms with Crippen molar-refractivity contribution in [2.24, 2.45) is 0 Å². The van der Waals surface area contributed by atoms with E-state index in [0.29, 0.717) is 11.4 Å². The second-order valence-corrected chi connectivity index (χ2v) is 6.83. The number of nitrogens with one attached hydrogen (secondary N) is 1. The van der Waals surface area contributed by atoms with Crippen LogP contribution in [0.3, 0.4) is 0 Å². The molecule has 5 nitrogen and oxygen atoms in total. The number of thiazole rings is 1. The predicted molar refractivity (Wildman–Crippen MR) is 101 cm³/mol. The summed E-state index contributed by atoms with van der Waals surface area (Å²) in [6.45, 7) is 3.82. The van der Waals surface area contributed by atoms with Crippen molar-refractivity contribution in [3.05, 3.63) is 71.4 Å². The maximum absolute atomic E-state index is 12.6. The molecular weight excluding hydrogens is 332 g/mol. The zero-order chi connectivity index (χ0) is 17.4. The average molecular weight is 348 g/mol. The van der Waals surface area contributed by atoms with Gasteiger partial charge in [-0.1, -0.05) is 41.7 Å². The number of nitrogens with zero attached hydrogens (tertiary/aromatic N) is 3. The molecule has 0 unspecified atom stereocenters. The van der Waals surface area contributed by atoms with E-state index in [1.807, 2.05) is 68.4 Å². The summed E-state index contributed by atoms with van der Waals surface area (Å²) in [6, 6.07) is 17.3. The molecule has 0 atom stereocenters. The summed E-state index contributed by atoms with van der Waals surface area (Å²) in [5.41, 5.74) is 3.33. The summed E-state index contributed by atoms with van der Waals surface area (Å²) >= 11 is 1.54. The van der Waals surface area contributed by atoms with E-state index in [-0.39, 0.29) is 5.91 Å². The molecule has 0 aliphatic carbocycles. The lowest BCUT2D eigenvalue weighted by molar-refractivity contribution is 0.102. The number of amides is 1. The Bertz CT molecular complexity index is 1050. The standard InChI is InChI=1S/C19H16N4OS/c1-12-7-3-4-8-14(12)18(24)21-17-11-13(2)22-23(17)19-20-15-9-5-6-10-16(15)25-19/h3-11H,1-2H3,(H,21,24). The van der Waals surface area contributed by atoms with Gasteiger partial charge in [-0.15, -0.1) is 0 Å². The van der Waals surface area contributed by atoms with E-state index in [1.54, 1.807) is 16.0 Å². The molecule has 0 bridgehead atoms. The Labute approximate surface area is 149 Å². The molecule has 0 aliphatic rings. The fourth-order valence-electron chi connectivity index (χ4n) is 2.70. The molecule has 0 fully saturated rings. The number of carbonyl (C=O) groups is 1. The second kappa shape index (κ2) is 6.14. The minimum Gasteiger partial charge on any atom is -0.306 e. The maximum Gasteiger partial charge on any atom is 0.257 e. The maximum atomic E-state index is 12.6. The molecule has 2 aromatic carbocycles. The molecule has 1 amide bonds. The molecule has 0 aliphatic heterocycles. The highest BCUT2D eigenvalue weighted by Gasteiger charge is 2.16. The first-order chi connectivity index (χ1) is 12.1. The molecule has 25 heavy (non-hydrogen) atoms. The Morgan fingerprint density at radius 3 is 2.64 bits per heavy atom. The monoisotopic (exact) mass is 348 g/mol. The number of rotatable bonds is 3. The van der Waals surface area contributed by atoms with Crippen LogP contribution < -0.4 is 5.32 Å². The van der Waals surface area contributed by atoms with Crippen LogP contribution in [0.1, 0.15) is 21.6 Å². The number of carbonyl (C=O) groups excluding carboxylic acids is 1. The third-order valence-corrected chi connectivity index (χ3v) is 4.94. The summed E-state index contributed by atoms with van der Waals surface area (Å²) in [5, 5.41) is 8.19. The molecule has 124 valence electrons. The van der Waals surface area contributed by atoms with E-state index in [1.165, 1.54) is 0 Å². The lowest BCUT2D eigenvalue weighted by Crippen LogP contribution is -2.16. The highest BCUT2D eigenvalue weighted by atomic mass is 32.1. The van der Waals surface area contributed by atoms with Crippen molar-refractivity contribution in [1.29, 1.82) is 0 Å². The first-order valence-corrected chi connectivity index (χ1v) is 8.73. The topological polar surface area (TPSA) is 59.8 Å². The molecule has 6 heteroatoms. The first kappa shape index (κ1) is 15.5. The van der Waals surface area contributed by atoms with Gasteiger partial charge in [0.05, 0.1) is 15.9 Å². The van der Waals surface area contributed by atoms with Crippen molar-refractivity contribution < 1.29 is 4.79 Å². The van der Waals surface area contributed by atoms with Gasteiger partial charge in [-0.2, -0.15) is 9.78 Å². The van der Waals surface area contributed by atoms with Crippen LogP contribution in [0.2, 0.25) is 0 Å². The van der Waals surface area contributed by atoms with Crippen LogP contribution in [-0.2, 0) is 0 Å². The minimum absolute atomic E-state index is 0.152. The number of aryl methyl sites for hydroxylation is 2. The third kappa shape index (κ3) is 2.92. The Morgan fingerprint density at radius 2 is 1.84 bits per heavy atom. The van der Waals surface area contributed by atoms with Gasteiger partial charge in [-0.3, -0.25) is 4.79 Å². The molecule has 1 N–H and O–H groups in total. The van der Waals surface area contributed by atoms with Crippen molar-refractivity contribution in [3.63, 3.8) is 0 Å². The van der Waals surface area contributed by atoms with Gasteiger partial charge in [0.15, 0.2) is 0 Å². The number of para-hydroxylation sites is 1. The molecule has 0 spiro atoms. The van der Waals surface area contributed by atoms with Crippen LogP contribution in [-0.4, -0.2) is 20.7 Å². The van der Waals surface area contributed by atoms with Gasteiger partial charge in [0.1, 0.15) is 5.82 Å². The van der Waals surface area contributed by atoms with E-state index < -0.39 is 0 Å². The average Bonchev–Trinajstić information content (AvgIpc) is 3.18. The van der Waals surface area contributed by atoms with Crippen LogP contribution >= 0.6 is 11.3 Å². The number of benzene rings is 2. The van der Waals surface area contributed by atoms with Crippen molar-refractivity contribution in [2.45, 2.75) is 13.8 Å². The number of hydrogen-bond donors (Lipinski definition) is 1. The van der Waals surface area contributed by atoms with Gasteiger partial charge in [-0.05, 0) is 37.6 Å². The van der Waals surface area contributed by atoms with Gasteiger partial charge in [0.2, 0.25) is 5.13 Å². The summed E-state index contributed by atoms with van der Waals surface area (Å²) in [7, 11) is 0. The Hall–Kier alpha value is -2.99. The quantitative estimate of drug-likeness (QED) is 0.599. The number of aromatic nitrogens is 3. The van der Waals surface area contributed by atoms with Gasteiger partial charge >= 0.3 is 0 Å². The largest absolute Gasteiger partial charge is 0.306 e. The highest BCUT2D eigenvalue weighted by molar-refractivity contribution is 7.20. The Kier molecular flexibility index (Phi) is 3.82. The smallest absolute Gasteiger partial charge is 0.257 e. The number of fused-ring (bicyclic) bond motifs is 1. The SMILES string of the molecule is Cc1cc(NC(=O)c2ccccc2C)n(-c2nc3ccccc3s2)n1. The van der Waals surface area contributed by atoms with Crippen molar-refractivity contribution in [3.8, 4) is 5.13 Å². The van der Waals surface area contributed by atoms with E-state index in [2.05, 4.69) is 15.4 Å². The predicted octanol–water partition coefficient (Wildman–Crippen LogP) is 4.35. The zero-order valence-electron chi connectivity index (χ0n) is 13.9. The molecular formula is C19H16N4OS.